The number of thiazole rings is 1. The maximum atomic E-state index is 11.9. The zero-order valence-corrected chi connectivity index (χ0v) is 12.4. The van der Waals surface area contributed by atoms with Crippen LogP contribution in [-0.2, 0) is 0 Å². The van der Waals surface area contributed by atoms with Gasteiger partial charge in [-0.1, -0.05) is 11.6 Å². The second-order valence-electron chi connectivity index (χ2n) is 3.69. The van der Waals surface area contributed by atoms with Crippen LogP contribution in [0.4, 0.5) is 5.00 Å². The number of halogens is 1. The molecule has 0 aliphatic carbocycles. The molecule has 0 radical (unpaired) electrons. The Morgan fingerprint density at radius 2 is 2.19 bits per heavy atom. The minimum Gasteiger partial charge on any atom is -0.257 e. The van der Waals surface area contributed by atoms with Gasteiger partial charge in [0, 0.05) is 6.20 Å². The van der Waals surface area contributed by atoms with Gasteiger partial charge in [0.2, 0.25) is 5.16 Å². The van der Waals surface area contributed by atoms with Crippen LogP contribution in [0.3, 0.4) is 0 Å². The first-order valence-corrected chi connectivity index (χ1v) is 7.38. The van der Waals surface area contributed by atoms with Gasteiger partial charge in [0.05, 0.1) is 9.95 Å². The molecule has 0 aliphatic rings. The Morgan fingerprint density at radius 1 is 1.38 bits per heavy atom. The Bertz CT molecular complexity index is 909. The third-order valence-electron chi connectivity index (χ3n) is 2.33. The second kappa shape index (κ2) is 5.39. The molecule has 3 rings (SSSR count). The van der Waals surface area contributed by atoms with Crippen molar-refractivity contribution >= 4 is 45.3 Å². The van der Waals surface area contributed by atoms with Crippen LogP contribution in [0.5, 0.6) is 0 Å². The standard InChI is InChI=1S/C10H4ClN5O3S2/c11-5-1-2-6-13-8(14-9(17)15(6)4-5)21-10-12-3-7(20-10)16(18)19/h1-4H. The molecule has 0 amide bonds. The zero-order valence-electron chi connectivity index (χ0n) is 9.96. The molecule has 3 heterocycles. The number of aromatic nitrogens is 4. The fourth-order valence-electron chi connectivity index (χ4n) is 1.48. The molecule has 8 nitrogen and oxygen atoms in total. The van der Waals surface area contributed by atoms with Crippen LogP contribution in [0, 0.1) is 10.1 Å². The fraction of sp³-hybridized carbons (Fsp3) is 0. The molecule has 0 N–H and O–H groups in total. The van der Waals surface area contributed by atoms with E-state index in [1.165, 1.54) is 10.6 Å². The third kappa shape index (κ3) is 2.86. The van der Waals surface area contributed by atoms with Crippen LogP contribution < -0.4 is 5.69 Å². The van der Waals surface area contributed by atoms with Gasteiger partial charge in [-0.25, -0.2) is 19.2 Å². The number of nitrogens with zero attached hydrogens (tertiary/aromatic N) is 5. The summed E-state index contributed by atoms with van der Waals surface area (Å²) in [7, 11) is 0. The SMILES string of the molecule is O=c1nc(Sc2ncc([N+](=O)[O-])s2)nc2ccc(Cl)cn12. The maximum Gasteiger partial charge on any atom is 0.355 e. The Hall–Kier alpha value is -2.04. The number of fused-ring (bicyclic) bond motifs is 1. The molecule has 0 aromatic carbocycles. The molecule has 106 valence electrons. The minimum atomic E-state index is -0.531. The zero-order chi connectivity index (χ0) is 15.0. The van der Waals surface area contributed by atoms with E-state index in [-0.39, 0.29) is 10.2 Å². The summed E-state index contributed by atoms with van der Waals surface area (Å²) in [5.41, 5.74) is -0.149. The molecule has 0 fully saturated rings. The lowest BCUT2D eigenvalue weighted by Crippen LogP contribution is -2.18. The average molecular weight is 342 g/mol. The van der Waals surface area contributed by atoms with Gasteiger partial charge in [0.1, 0.15) is 11.8 Å². The van der Waals surface area contributed by atoms with E-state index in [4.69, 9.17) is 11.6 Å². The Morgan fingerprint density at radius 3 is 2.90 bits per heavy atom. The number of rotatable bonds is 3. The van der Waals surface area contributed by atoms with E-state index < -0.39 is 10.6 Å². The normalized spacial score (nSPS) is 10.9. The molecule has 0 atom stereocenters. The predicted molar refractivity (Wildman–Crippen MR) is 77.2 cm³/mol. The summed E-state index contributed by atoms with van der Waals surface area (Å²) < 4.78 is 1.61. The largest absolute Gasteiger partial charge is 0.355 e. The summed E-state index contributed by atoms with van der Waals surface area (Å²) in [6.07, 6.45) is 2.57. The molecule has 3 aromatic heterocycles. The van der Waals surface area contributed by atoms with Gasteiger partial charge in [0.15, 0.2) is 4.34 Å². The molecular formula is C10H4ClN5O3S2. The van der Waals surface area contributed by atoms with Gasteiger partial charge in [-0.3, -0.25) is 10.1 Å². The molecule has 21 heavy (non-hydrogen) atoms. The van der Waals surface area contributed by atoms with Gasteiger partial charge in [-0.15, -0.1) is 0 Å². The quantitative estimate of drug-likeness (QED) is 0.531. The van der Waals surface area contributed by atoms with Gasteiger partial charge < -0.3 is 0 Å². The maximum absolute atomic E-state index is 11.9. The van der Waals surface area contributed by atoms with Crippen molar-refractivity contribution in [2.75, 3.05) is 0 Å². The predicted octanol–water partition coefficient (Wildman–Crippen LogP) is 2.26. The smallest absolute Gasteiger partial charge is 0.257 e. The summed E-state index contributed by atoms with van der Waals surface area (Å²) in [4.78, 5) is 33.8. The fourth-order valence-corrected chi connectivity index (χ4v) is 3.27. The Labute approximate surface area is 129 Å². The van der Waals surface area contributed by atoms with Crippen LogP contribution >= 0.6 is 34.7 Å². The number of hydrogen-bond acceptors (Lipinski definition) is 8. The van der Waals surface area contributed by atoms with E-state index in [2.05, 4.69) is 15.0 Å². The van der Waals surface area contributed by atoms with Crippen molar-refractivity contribution in [1.82, 2.24) is 19.4 Å². The van der Waals surface area contributed by atoms with Crippen molar-refractivity contribution in [3.05, 3.63) is 50.1 Å². The van der Waals surface area contributed by atoms with Crippen LogP contribution in [0.2, 0.25) is 5.02 Å². The van der Waals surface area contributed by atoms with Gasteiger partial charge in [-0.05, 0) is 35.2 Å². The number of nitro groups is 1. The van der Waals surface area contributed by atoms with E-state index in [1.807, 2.05) is 0 Å². The molecule has 0 aliphatic heterocycles. The minimum absolute atomic E-state index is 0.0817. The first-order valence-electron chi connectivity index (χ1n) is 5.37. The van der Waals surface area contributed by atoms with E-state index in [0.29, 0.717) is 15.0 Å². The molecule has 3 aromatic rings. The lowest BCUT2D eigenvalue weighted by atomic mass is 10.5. The topological polar surface area (TPSA) is 103 Å². The molecular weight excluding hydrogens is 338 g/mol. The average Bonchev–Trinajstić information content (AvgIpc) is 2.88. The first kappa shape index (κ1) is 13.9. The van der Waals surface area contributed by atoms with Crippen LogP contribution in [0.1, 0.15) is 0 Å². The highest BCUT2D eigenvalue weighted by Crippen LogP contribution is 2.32. The first-order chi connectivity index (χ1) is 10.0. The molecule has 0 saturated heterocycles. The van der Waals surface area contributed by atoms with Crippen molar-refractivity contribution in [2.45, 2.75) is 9.50 Å². The van der Waals surface area contributed by atoms with Crippen molar-refractivity contribution in [3.63, 3.8) is 0 Å². The summed E-state index contributed by atoms with van der Waals surface area (Å²) >= 11 is 7.69. The third-order valence-corrected chi connectivity index (χ3v) is 4.44. The summed E-state index contributed by atoms with van der Waals surface area (Å²) in [6, 6.07) is 3.19. The van der Waals surface area contributed by atoms with Crippen molar-refractivity contribution in [1.29, 1.82) is 0 Å². The van der Waals surface area contributed by atoms with Crippen molar-refractivity contribution in [2.24, 2.45) is 0 Å². The molecule has 0 unspecified atom stereocenters. The lowest BCUT2D eigenvalue weighted by Gasteiger charge is -2.01. The second-order valence-corrected chi connectivity index (χ2v) is 6.35. The van der Waals surface area contributed by atoms with Crippen LogP contribution in [0.15, 0.2) is 38.8 Å². The van der Waals surface area contributed by atoms with Crippen molar-refractivity contribution in [3.8, 4) is 0 Å². The van der Waals surface area contributed by atoms with Crippen molar-refractivity contribution < 1.29 is 4.92 Å². The number of pyridine rings is 1. The van der Waals surface area contributed by atoms with Gasteiger partial charge in [-0.2, -0.15) is 4.98 Å². The summed E-state index contributed by atoms with van der Waals surface area (Å²) in [5.74, 6) is 0. The van der Waals surface area contributed by atoms with E-state index in [0.717, 1.165) is 29.3 Å². The van der Waals surface area contributed by atoms with Crippen LogP contribution in [-0.4, -0.2) is 24.3 Å². The molecule has 0 spiro atoms. The number of hydrogen-bond donors (Lipinski definition) is 0. The van der Waals surface area contributed by atoms with Gasteiger partial charge in [0.25, 0.3) is 0 Å². The highest BCUT2D eigenvalue weighted by atomic mass is 35.5. The van der Waals surface area contributed by atoms with E-state index in [1.54, 1.807) is 12.1 Å². The Kier molecular flexibility index (Phi) is 3.57. The van der Waals surface area contributed by atoms with E-state index >= 15 is 0 Å². The van der Waals surface area contributed by atoms with Gasteiger partial charge >= 0.3 is 10.7 Å². The summed E-state index contributed by atoms with van der Waals surface area (Å²) in [6.45, 7) is 0. The lowest BCUT2D eigenvalue weighted by molar-refractivity contribution is -0.380. The monoisotopic (exact) mass is 341 g/mol. The Balaban J connectivity index is 1.99. The highest BCUT2D eigenvalue weighted by Gasteiger charge is 2.14. The molecule has 0 bridgehead atoms. The van der Waals surface area contributed by atoms with E-state index in [9.17, 15) is 14.9 Å². The molecule has 0 saturated carbocycles. The van der Waals surface area contributed by atoms with Crippen LogP contribution in [0.25, 0.3) is 5.65 Å². The summed E-state index contributed by atoms with van der Waals surface area (Å²) in [5, 5.41) is 11.1. The highest BCUT2D eigenvalue weighted by molar-refractivity contribution is 8.00. The molecule has 11 heteroatoms.